The van der Waals surface area contributed by atoms with Gasteiger partial charge in [-0.15, -0.1) is 0 Å². The quantitative estimate of drug-likeness (QED) is 0.363. The minimum atomic E-state index is -1.39. The maximum absolute atomic E-state index is 13.3. The molecule has 2 heterocycles. The zero-order valence-corrected chi connectivity index (χ0v) is 20.7. The number of nitro groups is 1. The van der Waals surface area contributed by atoms with Crippen molar-refractivity contribution in [2.45, 2.75) is 31.0 Å². The zero-order chi connectivity index (χ0) is 25.4. The van der Waals surface area contributed by atoms with E-state index in [0.29, 0.717) is 47.5 Å². The fourth-order valence-corrected chi connectivity index (χ4v) is 5.59. The molecule has 5 rings (SSSR count). The summed E-state index contributed by atoms with van der Waals surface area (Å²) in [5, 5.41) is 16.0. The van der Waals surface area contributed by atoms with Crippen LogP contribution in [0.4, 0.5) is 5.69 Å². The number of ether oxygens (including phenoxy) is 2. The number of benzene rings is 3. The predicted molar refractivity (Wildman–Crippen MR) is 136 cm³/mol. The van der Waals surface area contributed by atoms with Crippen LogP contribution in [0.2, 0.25) is 5.02 Å². The van der Waals surface area contributed by atoms with Crippen molar-refractivity contribution in [1.29, 1.82) is 0 Å². The molecule has 1 N–H and O–H groups in total. The van der Waals surface area contributed by atoms with Crippen molar-refractivity contribution < 1.29 is 19.2 Å². The molecule has 1 spiro atoms. The third-order valence-corrected chi connectivity index (χ3v) is 7.30. The Labute approximate surface area is 213 Å². The van der Waals surface area contributed by atoms with Crippen molar-refractivity contribution in [1.82, 2.24) is 4.90 Å². The van der Waals surface area contributed by atoms with Crippen molar-refractivity contribution in [3.05, 3.63) is 98.6 Å². The third kappa shape index (κ3) is 3.86. The first-order valence-electron chi connectivity index (χ1n) is 11.8. The fourth-order valence-electron chi connectivity index (χ4n) is 5.46. The van der Waals surface area contributed by atoms with E-state index in [9.17, 15) is 14.9 Å². The molecule has 0 unspecified atom stereocenters. The Bertz CT molecular complexity index is 1320. The fraction of sp³-hybridized carbons (Fsp3) is 0.296. The van der Waals surface area contributed by atoms with Crippen LogP contribution >= 0.6 is 11.6 Å². The summed E-state index contributed by atoms with van der Waals surface area (Å²) in [6, 6.07) is 18.8. The van der Waals surface area contributed by atoms with Crippen LogP contribution in [0, 0.1) is 10.1 Å². The smallest absolute Gasteiger partial charge is 0.256 e. The average molecular weight is 508 g/mol. The zero-order valence-electron chi connectivity index (χ0n) is 19.9. The van der Waals surface area contributed by atoms with Crippen LogP contribution in [0.3, 0.4) is 0 Å². The Morgan fingerprint density at radius 3 is 2.58 bits per heavy atom. The van der Waals surface area contributed by atoms with Gasteiger partial charge in [0.1, 0.15) is 6.61 Å². The second kappa shape index (κ2) is 9.44. The lowest BCUT2D eigenvalue weighted by Gasteiger charge is -2.30. The highest BCUT2D eigenvalue weighted by Gasteiger charge is 2.68. The Balaban J connectivity index is 1.49. The predicted octanol–water partition coefficient (Wildman–Crippen LogP) is 4.84. The van der Waals surface area contributed by atoms with Crippen molar-refractivity contribution >= 4 is 23.2 Å². The van der Waals surface area contributed by atoms with E-state index in [1.807, 2.05) is 31.2 Å². The molecule has 3 aromatic rings. The second-order valence-electron chi connectivity index (χ2n) is 9.04. The Morgan fingerprint density at radius 1 is 1.11 bits per heavy atom. The molecule has 186 valence electrons. The summed E-state index contributed by atoms with van der Waals surface area (Å²) in [5.74, 6) is 0.138. The van der Waals surface area contributed by atoms with Crippen LogP contribution in [-0.2, 0) is 16.9 Å². The third-order valence-electron chi connectivity index (χ3n) is 7.04. The van der Waals surface area contributed by atoms with Gasteiger partial charge in [0.2, 0.25) is 0 Å². The molecule has 9 heteroatoms. The van der Waals surface area contributed by atoms with Gasteiger partial charge in [-0.3, -0.25) is 19.8 Å². The lowest BCUT2D eigenvalue weighted by Crippen LogP contribution is -2.54. The molecular formula is C27H26ClN3O5. The molecular weight excluding hydrogens is 482 g/mol. The van der Waals surface area contributed by atoms with E-state index in [1.165, 1.54) is 0 Å². The van der Waals surface area contributed by atoms with Gasteiger partial charge in [-0.2, -0.15) is 0 Å². The van der Waals surface area contributed by atoms with Crippen molar-refractivity contribution in [3.8, 4) is 11.5 Å². The first-order valence-corrected chi connectivity index (χ1v) is 12.1. The van der Waals surface area contributed by atoms with Crippen LogP contribution in [0.15, 0.2) is 66.7 Å². The first kappa shape index (κ1) is 24.1. The Kier molecular flexibility index (Phi) is 6.32. The number of hydrogen-bond acceptors (Lipinski definition) is 6. The largest absolute Gasteiger partial charge is 0.490 e. The van der Waals surface area contributed by atoms with Gasteiger partial charge in [-0.1, -0.05) is 48.0 Å². The number of rotatable bonds is 7. The minimum Gasteiger partial charge on any atom is -0.490 e. The SMILES string of the molecule is CCOc1cc([C@@H]2CN(C)[C@]3(C(=O)Nc4ccccc43)[C@@H]2[N+](=O)[O-])ccc1OCc1ccc(Cl)cc1. The number of carbonyl (C=O) groups excluding carboxylic acids is 1. The molecule has 3 aromatic carbocycles. The van der Waals surface area contributed by atoms with Gasteiger partial charge in [-0.05, 0) is 55.4 Å². The summed E-state index contributed by atoms with van der Waals surface area (Å²) >= 11 is 5.96. The number of nitrogens with one attached hydrogen (secondary N) is 1. The van der Waals surface area contributed by atoms with E-state index >= 15 is 0 Å². The molecule has 1 amide bonds. The van der Waals surface area contributed by atoms with E-state index < -0.39 is 17.5 Å². The van der Waals surface area contributed by atoms with E-state index in [1.54, 1.807) is 54.4 Å². The van der Waals surface area contributed by atoms with E-state index in [2.05, 4.69) is 5.32 Å². The molecule has 8 nitrogen and oxygen atoms in total. The van der Waals surface area contributed by atoms with Gasteiger partial charge in [0.15, 0.2) is 17.0 Å². The lowest BCUT2D eigenvalue weighted by atomic mass is 9.79. The molecule has 2 aliphatic rings. The maximum Gasteiger partial charge on any atom is 0.256 e. The number of fused-ring (bicyclic) bond motifs is 2. The molecule has 36 heavy (non-hydrogen) atoms. The van der Waals surface area contributed by atoms with Crippen molar-refractivity contribution in [3.63, 3.8) is 0 Å². The van der Waals surface area contributed by atoms with Crippen LogP contribution in [-0.4, -0.2) is 42.0 Å². The number of nitrogens with zero attached hydrogens (tertiary/aromatic N) is 2. The second-order valence-corrected chi connectivity index (χ2v) is 9.47. The van der Waals surface area contributed by atoms with Gasteiger partial charge in [0.25, 0.3) is 11.9 Å². The van der Waals surface area contributed by atoms with Gasteiger partial charge in [0, 0.05) is 27.7 Å². The molecule has 0 radical (unpaired) electrons. The number of hydrogen-bond donors (Lipinski definition) is 1. The molecule has 0 aromatic heterocycles. The Morgan fingerprint density at radius 2 is 1.86 bits per heavy atom. The summed E-state index contributed by atoms with van der Waals surface area (Å²) in [6.07, 6.45) is 0. The van der Waals surface area contributed by atoms with Gasteiger partial charge < -0.3 is 14.8 Å². The summed E-state index contributed by atoms with van der Waals surface area (Å²) < 4.78 is 11.9. The lowest BCUT2D eigenvalue weighted by molar-refractivity contribution is -0.534. The molecule has 0 bridgehead atoms. The first-order chi connectivity index (χ1) is 17.4. The standard InChI is InChI=1S/C27H26ClN3O5/c1-3-35-24-14-18(10-13-23(24)36-16-17-8-11-19(28)12-9-17)20-15-30(2)27(25(20)31(33)34)21-6-4-5-7-22(21)29-26(27)32/h4-14,20,25H,3,15-16H2,1-2H3,(H,29,32)/t20-,25+,27-/m0/s1. The highest BCUT2D eigenvalue weighted by Crippen LogP contribution is 2.52. The number of likely N-dealkylation sites (tertiary alicyclic amines) is 1. The average Bonchev–Trinajstić information content (AvgIpc) is 3.34. The van der Waals surface area contributed by atoms with Crippen LogP contribution in [0.25, 0.3) is 0 Å². The molecule has 0 aliphatic carbocycles. The maximum atomic E-state index is 13.3. The number of halogens is 1. The summed E-state index contributed by atoms with van der Waals surface area (Å²) in [5.41, 5.74) is 1.53. The van der Waals surface area contributed by atoms with Gasteiger partial charge in [0.05, 0.1) is 12.5 Å². The minimum absolute atomic E-state index is 0.318. The van der Waals surface area contributed by atoms with E-state index in [4.69, 9.17) is 21.1 Å². The van der Waals surface area contributed by atoms with Crippen molar-refractivity contribution in [2.75, 3.05) is 25.5 Å². The summed E-state index contributed by atoms with van der Waals surface area (Å²) in [6.45, 7) is 2.93. The molecule has 0 saturated carbocycles. The van der Waals surface area contributed by atoms with Crippen LogP contribution in [0.5, 0.6) is 11.5 Å². The highest BCUT2D eigenvalue weighted by atomic mass is 35.5. The highest BCUT2D eigenvalue weighted by molar-refractivity contribution is 6.30. The monoisotopic (exact) mass is 507 g/mol. The van der Waals surface area contributed by atoms with E-state index in [-0.39, 0.29) is 10.8 Å². The topological polar surface area (TPSA) is 93.9 Å². The molecule has 2 aliphatic heterocycles. The molecule has 1 fully saturated rings. The van der Waals surface area contributed by atoms with Gasteiger partial charge >= 0.3 is 0 Å². The summed E-state index contributed by atoms with van der Waals surface area (Å²) in [7, 11) is 1.77. The van der Waals surface area contributed by atoms with Crippen LogP contribution < -0.4 is 14.8 Å². The van der Waals surface area contributed by atoms with Gasteiger partial charge in [-0.25, -0.2) is 0 Å². The normalized spacial score (nSPS) is 22.9. The number of likely N-dealkylation sites (N-methyl/N-ethyl adjacent to an activating group) is 1. The number of para-hydroxylation sites is 1. The van der Waals surface area contributed by atoms with Crippen molar-refractivity contribution in [2.24, 2.45) is 0 Å². The number of amides is 1. The molecule has 1 saturated heterocycles. The number of anilines is 1. The molecule has 3 atom stereocenters. The van der Waals surface area contributed by atoms with Crippen LogP contribution in [0.1, 0.15) is 29.5 Å². The van der Waals surface area contributed by atoms with E-state index in [0.717, 1.165) is 11.1 Å². The Hall–Kier alpha value is -3.62. The number of carbonyl (C=O) groups is 1. The summed E-state index contributed by atoms with van der Waals surface area (Å²) in [4.78, 5) is 27.3.